The molecule has 2 aromatic carbocycles. The van der Waals surface area contributed by atoms with E-state index in [0.717, 1.165) is 32.9 Å². The van der Waals surface area contributed by atoms with Crippen LogP contribution in [0.15, 0.2) is 60.9 Å². The summed E-state index contributed by atoms with van der Waals surface area (Å²) < 4.78 is 1.95. The van der Waals surface area contributed by atoms with Gasteiger partial charge in [0.1, 0.15) is 6.04 Å². The molecule has 4 rings (SSSR count). The van der Waals surface area contributed by atoms with Crippen LogP contribution >= 0.6 is 12.4 Å². The molecule has 162 valence electrons. The minimum atomic E-state index is -1.09. The van der Waals surface area contributed by atoms with Gasteiger partial charge in [-0.2, -0.15) is 0 Å². The molecule has 0 aliphatic heterocycles. The number of aromatic nitrogens is 2. The number of aromatic amines is 1. The van der Waals surface area contributed by atoms with Crippen LogP contribution in [0.25, 0.3) is 21.8 Å². The van der Waals surface area contributed by atoms with Crippen LogP contribution in [0.1, 0.15) is 11.1 Å². The fourth-order valence-electron chi connectivity index (χ4n) is 3.92. The number of carbonyl (C=O) groups excluding carboxylic acids is 1. The standard InChI is InChI=1S/C23H24N4O3.ClH/c1-27-13-15(17-7-3-5-9-21(17)27)11-20(23(29)30)26-22(28)18(24)10-14-12-25-19-8-4-2-6-16(14)19;/h2-9,12-13,18,20,25H,10-11,24H2,1H3,(H,26,28)(H,29,30);1H/t18-,20-;/m1./s1. The fraction of sp³-hybridized carbons (Fsp3) is 0.217. The van der Waals surface area contributed by atoms with Gasteiger partial charge in [-0.3, -0.25) is 4.79 Å². The van der Waals surface area contributed by atoms with Crippen LogP contribution in [-0.2, 0) is 29.5 Å². The molecule has 2 aromatic heterocycles. The van der Waals surface area contributed by atoms with E-state index in [1.807, 2.05) is 72.5 Å². The minimum absolute atomic E-state index is 0. The molecule has 0 unspecified atom stereocenters. The third-order valence-electron chi connectivity index (χ3n) is 5.47. The largest absolute Gasteiger partial charge is 0.480 e. The third kappa shape index (κ3) is 4.57. The molecule has 0 radical (unpaired) electrons. The molecule has 2 heterocycles. The second kappa shape index (κ2) is 9.24. The highest BCUT2D eigenvalue weighted by Gasteiger charge is 2.25. The van der Waals surface area contributed by atoms with Crippen LogP contribution in [0.2, 0.25) is 0 Å². The number of nitrogens with zero attached hydrogens (tertiary/aromatic N) is 1. The van der Waals surface area contributed by atoms with Gasteiger partial charge in [0.2, 0.25) is 5.91 Å². The van der Waals surface area contributed by atoms with E-state index >= 15 is 0 Å². The average Bonchev–Trinajstić information content (AvgIpc) is 3.29. The first-order valence-electron chi connectivity index (χ1n) is 9.80. The predicted octanol–water partition coefficient (Wildman–Crippen LogP) is 2.76. The quantitative estimate of drug-likeness (QED) is 0.354. The van der Waals surface area contributed by atoms with Crippen LogP contribution < -0.4 is 11.1 Å². The number of carboxylic acid groups (broad SMARTS) is 1. The summed E-state index contributed by atoms with van der Waals surface area (Å²) in [4.78, 5) is 27.7. The van der Waals surface area contributed by atoms with E-state index in [0.29, 0.717) is 6.42 Å². The van der Waals surface area contributed by atoms with E-state index in [9.17, 15) is 14.7 Å². The highest BCUT2D eigenvalue weighted by Crippen LogP contribution is 2.22. The van der Waals surface area contributed by atoms with E-state index in [-0.39, 0.29) is 18.8 Å². The van der Waals surface area contributed by atoms with Crippen molar-refractivity contribution in [2.45, 2.75) is 24.9 Å². The van der Waals surface area contributed by atoms with Crippen molar-refractivity contribution < 1.29 is 14.7 Å². The minimum Gasteiger partial charge on any atom is -0.480 e. The summed E-state index contributed by atoms with van der Waals surface area (Å²) >= 11 is 0. The number of benzene rings is 2. The Morgan fingerprint density at radius 1 is 1.06 bits per heavy atom. The summed E-state index contributed by atoms with van der Waals surface area (Å²) in [6, 6.07) is 13.6. The van der Waals surface area contributed by atoms with Crippen LogP contribution in [-0.4, -0.2) is 38.6 Å². The molecular weight excluding hydrogens is 416 g/mol. The third-order valence-corrected chi connectivity index (χ3v) is 5.47. The summed E-state index contributed by atoms with van der Waals surface area (Å²) in [6.45, 7) is 0. The van der Waals surface area contributed by atoms with Crippen molar-refractivity contribution in [2.24, 2.45) is 12.8 Å². The van der Waals surface area contributed by atoms with Gasteiger partial charge in [0, 0.05) is 47.7 Å². The van der Waals surface area contributed by atoms with Crippen LogP contribution in [0, 0.1) is 0 Å². The van der Waals surface area contributed by atoms with Crippen LogP contribution in [0.5, 0.6) is 0 Å². The van der Waals surface area contributed by atoms with Gasteiger partial charge in [-0.15, -0.1) is 12.4 Å². The molecular formula is C23H25ClN4O3. The first-order chi connectivity index (χ1) is 14.4. The Morgan fingerprint density at radius 2 is 1.74 bits per heavy atom. The number of halogens is 1. The number of fused-ring (bicyclic) bond motifs is 2. The van der Waals surface area contributed by atoms with E-state index in [2.05, 4.69) is 10.3 Å². The zero-order valence-electron chi connectivity index (χ0n) is 17.0. The van der Waals surface area contributed by atoms with Gasteiger partial charge in [-0.25, -0.2) is 4.79 Å². The maximum atomic E-state index is 12.7. The van der Waals surface area contributed by atoms with Gasteiger partial charge in [-0.05, 0) is 29.7 Å². The van der Waals surface area contributed by atoms with Gasteiger partial charge >= 0.3 is 5.97 Å². The molecule has 5 N–H and O–H groups in total. The fourth-order valence-corrected chi connectivity index (χ4v) is 3.92. The van der Waals surface area contributed by atoms with Gasteiger partial charge in [-0.1, -0.05) is 36.4 Å². The normalized spacial score (nSPS) is 13.0. The Hall–Kier alpha value is -3.29. The smallest absolute Gasteiger partial charge is 0.326 e. The van der Waals surface area contributed by atoms with E-state index in [4.69, 9.17) is 5.73 Å². The Morgan fingerprint density at radius 3 is 2.48 bits per heavy atom. The average molecular weight is 441 g/mol. The predicted molar refractivity (Wildman–Crippen MR) is 123 cm³/mol. The summed E-state index contributed by atoms with van der Waals surface area (Å²) in [5.74, 6) is -1.57. The van der Waals surface area contributed by atoms with Gasteiger partial charge < -0.3 is 25.7 Å². The van der Waals surface area contributed by atoms with Gasteiger partial charge in [0.15, 0.2) is 0 Å². The van der Waals surface area contributed by atoms with Crippen molar-refractivity contribution in [1.82, 2.24) is 14.9 Å². The Labute approximate surface area is 185 Å². The molecule has 8 heteroatoms. The molecule has 0 saturated heterocycles. The molecule has 0 aliphatic carbocycles. The first kappa shape index (κ1) is 22.4. The second-order valence-corrected chi connectivity index (χ2v) is 7.56. The number of carbonyl (C=O) groups is 2. The number of nitrogens with one attached hydrogen (secondary N) is 2. The molecule has 1 amide bonds. The zero-order chi connectivity index (χ0) is 21.3. The van der Waals surface area contributed by atoms with Crippen molar-refractivity contribution in [2.75, 3.05) is 0 Å². The number of aliphatic carboxylic acids is 1. The van der Waals surface area contributed by atoms with Crippen LogP contribution in [0.4, 0.5) is 0 Å². The van der Waals surface area contributed by atoms with E-state index in [1.54, 1.807) is 0 Å². The first-order valence-corrected chi connectivity index (χ1v) is 9.80. The Balaban J connectivity index is 0.00000272. The van der Waals surface area contributed by atoms with Crippen molar-refractivity contribution in [3.8, 4) is 0 Å². The van der Waals surface area contributed by atoms with Crippen molar-refractivity contribution >= 4 is 46.1 Å². The van der Waals surface area contributed by atoms with E-state index in [1.165, 1.54) is 0 Å². The number of carboxylic acids is 1. The van der Waals surface area contributed by atoms with E-state index < -0.39 is 24.0 Å². The SMILES string of the molecule is Cl.Cn1cc(C[C@@H](NC(=O)[C@H](N)Cc2c[nH]c3ccccc23)C(=O)O)c2ccccc21. The van der Waals surface area contributed by atoms with Gasteiger partial charge in [0.25, 0.3) is 0 Å². The molecule has 31 heavy (non-hydrogen) atoms. The maximum absolute atomic E-state index is 12.7. The number of nitrogens with two attached hydrogens (primary N) is 1. The number of para-hydroxylation sites is 2. The molecule has 0 aliphatic rings. The molecule has 0 fully saturated rings. The van der Waals surface area contributed by atoms with Crippen LogP contribution in [0.3, 0.4) is 0 Å². The highest BCUT2D eigenvalue weighted by molar-refractivity contribution is 5.90. The molecule has 0 bridgehead atoms. The Bertz CT molecular complexity index is 1230. The van der Waals surface area contributed by atoms with Crippen molar-refractivity contribution in [3.05, 3.63) is 72.1 Å². The summed E-state index contributed by atoms with van der Waals surface area (Å²) in [6.07, 6.45) is 4.24. The number of hydrogen-bond acceptors (Lipinski definition) is 3. The summed E-state index contributed by atoms with van der Waals surface area (Å²) in [5.41, 5.74) is 9.89. The molecule has 2 atom stereocenters. The number of rotatable bonds is 7. The molecule has 0 spiro atoms. The summed E-state index contributed by atoms with van der Waals surface area (Å²) in [7, 11) is 1.91. The lowest BCUT2D eigenvalue weighted by atomic mass is 10.0. The number of H-pyrrole nitrogens is 1. The zero-order valence-corrected chi connectivity index (χ0v) is 17.9. The topological polar surface area (TPSA) is 113 Å². The second-order valence-electron chi connectivity index (χ2n) is 7.56. The lowest BCUT2D eigenvalue weighted by Gasteiger charge is -2.17. The maximum Gasteiger partial charge on any atom is 0.326 e. The highest BCUT2D eigenvalue weighted by atomic mass is 35.5. The molecule has 7 nitrogen and oxygen atoms in total. The lowest BCUT2D eigenvalue weighted by Crippen LogP contribution is -2.50. The van der Waals surface area contributed by atoms with Crippen molar-refractivity contribution in [3.63, 3.8) is 0 Å². The number of hydrogen-bond donors (Lipinski definition) is 4. The summed E-state index contributed by atoms with van der Waals surface area (Å²) in [5, 5.41) is 14.3. The van der Waals surface area contributed by atoms with Gasteiger partial charge in [0.05, 0.1) is 6.04 Å². The van der Waals surface area contributed by atoms with Crippen molar-refractivity contribution in [1.29, 1.82) is 0 Å². The Kier molecular flexibility index (Phi) is 6.68. The molecule has 0 saturated carbocycles. The monoisotopic (exact) mass is 440 g/mol. The number of aryl methyl sites for hydroxylation is 1. The lowest BCUT2D eigenvalue weighted by molar-refractivity contribution is -0.141. The molecule has 4 aromatic rings. The number of amides is 1.